The predicted molar refractivity (Wildman–Crippen MR) is 123 cm³/mol. The van der Waals surface area contributed by atoms with Crippen molar-refractivity contribution in [3.8, 4) is 17.2 Å². The first-order chi connectivity index (χ1) is 14.9. The highest BCUT2D eigenvalue weighted by Gasteiger charge is 2.21. The summed E-state index contributed by atoms with van der Waals surface area (Å²) in [6, 6.07) is 11.9. The molecule has 1 amide bonds. The molecule has 6 heteroatoms. The fourth-order valence-corrected chi connectivity index (χ4v) is 3.73. The minimum absolute atomic E-state index is 0.0290. The Morgan fingerprint density at radius 1 is 1.32 bits per heavy atom. The predicted octanol–water partition coefficient (Wildman–Crippen LogP) is 3.85. The van der Waals surface area contributed by atoms with E-state index in [-0.39, 0.29) is 18.1 Å². The number of carbonyl (C=O) groups is 1. The molecule has 3 rings (SSSR count). The van der Waals surface area contributed by atoms with Gasteiger partial charge in [0.1, 0.15) is 23.4 Å². The number of fused-ring (bicyclic) bond motifs is 1. The summed E-state index contributed by atoms with van der Waals surface area (Å²) in [7, 11) is 5.63. The number of benzene rings is 2. The van der Waals surface area contributed by atoms with E-state index < -0.39 is 0 Å². The molecule has 2 atom stereocenters. The molecule has 0 fully saturated rings. The van der Waals surface area contributed by atoms with Crippen LogP contribution in [0.25, 0.3) is 6.08 Å². The van der Waals surface area contributed by atoms with Gasteiger partial charge >= 0.3 is 0 Å². The maximum Gasteiger partial charge on any atom is 0.244 e. The van der Waals surface area contributed by atoms with Crippen molar-refractivity contribution in [1.82, 2.24) is 10.2 Å². The topological polar surface area (TPSA) is 60.0 Å². The molecule has 1 heterocycles. The fourth-order valence-electron chi connectivity index (χ4n) is 3.73. The molecule has 31 heavy (non-hydrogen) atoms. The van der Waals surface area contributed by atoms with Crippen LogP contribution in [0.5, 0.6) is 17.2 Å². The largest absolute Gasteiger partial charge is 0.497 e. The number of ether oxygens (including phenoxy) is 3. The highest BCUT2D eigenvalue weighted by Crippen LogP contribution is 2.35. The molecule has 166 valence electrons. The van der Waals surface area contributed by atoms with Crippen LogP contribution in [0.4, 0.5) is 0 Å². The molecule has 1 N–H and O–H groups in total. The number of carbonyl (C=O) groups excluding carboxylic acids is 1. The average Bonchev–Trinajstić information content (AvgIpc) is 3.11. The third-order valence-electron chi connectivity index (χ3n) is 5.31. The lowest BCUT2D eigenvalue weighted by Crippen LogP contribution is -2.33. The standard InChI is InChI=1S/C25H32N2O4/c1-6-30-23-15-20-12-17(2)31-24(20)14-19(23)10-11-25(28)26-16-22(27(3)4)18-8-7-9-21(13-18)29-5/h7-11,13-15,17,22H,6,12,16H2,1-5H3,(H,26,28)/b11-10+. The monoisotopic (exact) mass is 424 g/mol. The molecule has 6 nitrogen and oxygen atoms in total. The van der Waals surface area contributed by atoms with Gasteiger partial charge in [-0.15, -0.1) is 0 Å². The minimum atomic E-state index is -0.160. The Morgan fingerprint density at radius 3 is 2.84 bits per heavy atom. The van der Waals surface area contributed by atoms with Crippen LogP contribution in [-0.2, 0) is 11.2 Å². The number of nitrogens with one attached hydrogen (secondary N) is 1. The highest BCUT2D eigenvalue weighted by molar-refractivity contribution is 5.92. The second-order valence-electron chi connectivity index (χ2n) is 7.90. The minimum Gasteiger partial charge on any atom is -0.497 e. The van der Waals surface area contributed by atoms with E-state index in [0.717, 1.165) is 40.4 Å². The Labute approximate surface area is 184 Å². The van der Waals surface area contributed by atoms with Crippen LogP contribution >= 0.6 is 0 Å². The van der Waals surface area contributed by atoms with Crippen molar-refractivity contribution in [1.29, 1.82) is 0 Å². The smallest absolute Gasteiger partial charge is 0.244 e. The Kier molecular flexibility index (Phi) is 7.58. The number of methoxy groups -OCH3 is 1. The van der Waals surface area contributed by atoms with Gasteiger partial charge in [0, 0.05) is 30.2 Å². The second kappa shape index (κ2) is 10.4. The van der Waals surface area contributed by atoms with Crippen molar-refractivity contribution < 1.29 is 19.0 Å². The zero-order chi connectivity index (χ0) is 22.4. The molecule has 0 radical (unpaired) electrons. The van der Waals surface area contributed by atoms with Crippen molar-refractivity contribution in [2.75, 3.05) is 34.4 Å². The van der Waals surface area contributed by atoms with Crippen LogP contribution in [0.2, 0.25) is 0 Å². The summed E-state index contributed by atoms with van der Waals surface area (Å²) in [5.74, 6) is 2.27. The fraction of sp³-hybridized carbons (Fsp3) is 0.400. The van der Waals surface area contributed by atoms with Crippen LogP contribution in [0.15, 0.2) is 42.5 Å². The van der Waals surface area contributed by atoms with E-state index >= 15 is 0 Å². The summed E-state index contributed by atoms with van der Waals surface area (Å²) in [6.45, 7) is 5.04. The van der Waals surface area contributed by atoms with E-state index in [9.17, 15) is 4.79 Å². The maximum atomic E-state index is 12.5. The van der Waals surface area contributed by atoms with Crippen molar-refractivity contribution in [3.63, 3.8) is 0 Å². The van der Waals surface area contributed by atoms with E-state index in [0.29, 0.717) is 13.2 Å². The van der Waals surface area contributed by atoms with Crippen molar-refractivity contribution in [3.05, 3.63) is 59.2 Å². The van der Waals surface area contributed by atoms with Crippen LogP contribution in [0.3, 0.4) is 0 Å². The summed E-state index contributed by atoms with van der Waals surface area (Å²) in [4.78, 5) is 14.6. The lowest BCUT2D eigenvalue weighted by Gasteiger charge is -2.25. The molecule has 2 aromatic rings. The third-order valence-corrected chi connectivity index (χ3v) is 5.31. The molecule has 0 saturated heterocycles. The van der Waals surface area contributed by atoms with E-state index in [4.69, 9.17) is 14.2 Å². The first-order valence-electron chi connectivity index (χ1n) is 10.6. The number of hydrogen-bond acceptors (Lipinski definition) is 5. The van der Waals surface area contributed by atoms with Crippen LogP contribution in [-0.4, -0.2) is 51.3 Å². The first kappa shape index (κ1) is 22.7. The molecule has 0 saturated carbocycles. The third kappa shape index (κ3) is 5.79. The Bertz CT molecular complexity index is 939. The normalized spacial score (nSPS) is 16.1. The van der Waals surface area contributed by atoms with Gasteiger partial charge in [0.05, 0.1) is 19.8 Å². The van der Waals surface area contributed by atoms with E-state index in [1.54, 1.807) is 19.3 Å². The van der Waals surface area contributed by atoms with Gasteiger partial charge in [-0.1, -0.05) is 12.1 Å². The summed E-state index contributed by atoms with van der Waals surface area (Å²) in [5, 5.41) is 3.00. The Balaban J connectivity index is 1.69. The number of rotatable bonds is 9. The highest BCUT2D eigenvalue weighted by atomic mass is 16.5. The Morgan fingerprint density at radius 2 is 2.13 bits per heavy atom. The molecule has 0 aromatic heterocycles. The summed E-state index contributed by atoms with van der Waals surface area (Å²) in [5.41, 5.74) is 3.06. The number of hydrogen-bond donors (Lipinski definition) is 1. The molecule has 2 aromatic carbocycles. The summed E-state index contributed by atoms with van der Waals surface area (Å²) >= 11 is 0. The number of nitrogens with zero attached hydrogens (tertiary/aromatic N) is 1. The van der Waals surface area contributed by atoms with Crippen molar-refractivity contribution in [2.24, 2.45) is 0 Å². The van der Waals surface area contributed by atoms with Gasteiger partial charge in [-0.2, -0.15) is 0 Å². The van der Waals surface area contributed by atoms with E-state index in [1.807, 2.05) is 64.3 Å². The lowest BCUT2D eigenvalue weighted by molar-refractivity contribution is -0.116. The van der Waals surface area contributed by atoms with Gasteiger partial charge in [0.2, 0.25) is 5.91 Å². The summed E-state index contributed by atoms with van der Waals surface area (Å²) < 4.78 is 17.0. The van der Waals surface area contributed by atoms with Crippen molar-refractivity contribution in [2.45, 2.75) is 32.4 Å². The molecule has 2 unspecified atom stereocenters. The van der Waals surface area contributed by atoms with Gasteiger partial charge < -0.3 is 24.4 Å². The van der Waals surface area contributed by atoms with Gasteiger partial charge in [-0.05, 0) is 63.8 Å². The molecular weight excluding hydrogens is 392 g/mol. The van der Waals surface area contributed by atoms with Crippen molar-refractivity contribution >= 4 is 12.0 Å². The SMILES string of the molecule is CCOc1cc2c(cc1/C=C/C(=O)NCC(c1cccc(OC)c1)N(C)C)OC(C)C2. The molecule has 0 bridgehead atoms. The molecule has 0 spiro atoms. The van der Waals surface area contributed by atoms with Crippen LogP contribution in [0, 0.1) is 0 Å². The van der Waals surface area contributed by atoms with E-state index in [1.165, 1.54) is 0 Å². The zero-order valence-corrected chi connectivity index (χ0v) is 19.0. The first-order valence-corrected chi connectivity index (χ1v) is 10.6. The molecule has 1 aliphatic heterocycles. The quantitative estimate of drug-likeness (QED) is 0.620. The zero-order valence-electron chi connectivity index (χ0n) is 19.0. The molecular formula is C25H32N2O4. The molecule has 1 aliphatic rings. The summed E-state index contributed by atoms with van der Waals surface area (Å²) in [6.07, 6.45) is 4.35. The van der Waals surface area contributed by atoms with E-state index in [2.05, 4.69) is 10.2 Å². The Hall–Kier alpha value is -2.99. The van der Waals surface area contributed by atoms with Gasteiger partial charge in [0.25, 0.3) is 0 Å². The lowest BCUT2D eigenvalue weighted by atomic mass is 10.1. The van der Waals surface area contributed by atoms with Crippen LogP contribution < -0.4 is 19.5 Å². The number of amides is 1. The average molecular weight is 425 g/mol. The van der Waals surface area contributed by atoms with Gasteiger partial charge in [0.15, 0.2) is 0 Å². The number of likely N-dealkylation sites (N-methyl/N-ethyl adjacent to an activating group) is 1. The van der Waals surface area contributed by atoms with Gasteiger partial charge in [-0.3, -0.25) is 4.79 Å². The molecule has 0 aliphatic carbocycles. The van der Waals surface area contributed by atoms with Gasteiger partial charge in [-0.25, -0.2) is 0 Å². The maximum absolute atomic E-state index is 12.5. The second-order valence-corrected chi connectivity index (χ2v) is 7.90. The van der Waals surface area contributed by atoms with Crippen LogP contribution in [0.1, 0.15) is 36.6 Å².